The van der Waals surface area contributed by atoms with Gasteiger partial charge >= 0.3 is 0 Å². The lowest BCUT2D eigenvalue weighted by Crippen LogP contribution is -2.46. The Kier molecular flexibility index (Phi) is 4.55. The Labute approximate surface area is 138 Å². The Hall–Kier alpha value is 0.950. The van der Waals surface area contributed by atoms with Gasteiger partial charge in [0.05, 0.1) is 11.0 Å². The van der Waals surface area contributed by atoms with Gasteiger partial charge in [-0.1, -0.05) is 51.3 Å². The van der Waals surface area contributed by atoms with E-state index in [1.54, 1.807) is 0 Å². The van der Waals surface area contributed by atoms with Crippen molar-refractivity contribution in [3.05, 3.63) is 11.1 Å². The number of alkyl halides is 3. The number of hydrogen-bond acceptors (Lipinski definition) is 1. The fraction of sp³-hybridized carbons (Fsp3) is 0.867. The highest BCUT2D eigenvalue weighted by Crippen LogP contribution is 2.56. The zero-order valence-corrected chi connectivity index (χ0v) is 15.9. The molecule has 0 radical (unpaired) electrons. The first-order valence-electron chi connectivity index (χ1n) is 6.96. The fourth-order valence-electron chi connectivity index (χ4n) is 3.67. The fourth-order valence-corrected chi connectivity index (χ4v) is 5.72. The number of aliphatic hydroxyl groups excluding tert-OH is 1. The molecule has 2 aliphatic rings. The van der Waals surface area contributed by atoms with Crippen molar-refractivity contribution in [2.75, 3.05) is 0 Å². The molecular weight excluding hydrogens is 391 g/mol. The summed E-state index contributed by atoms with van der Waals surface area (Å²) in [7, 11) is 0. The Balaban J connectivity index is 2.51. The van der Waals surface area contributed by atoms with E-state index in [-0.39, 0.29) is 21.2 Å². The van der Waals surface area contributed by atoms with E-state index in [2.05, 4.69) is 59.6 Å². The van der Waals surface area contributed by atoms with E-state index in [0.717, 1.165) is 24.8 Å². The smallest absolute Gasteiger partial charge is 0.0878 e. The third-order valence-electron chi connectivity index (χ3n) is 5.51. The Morgan fingerprint density at radius 3 is 2.47 bits per heavy atom. The summed E-state index contributed by atoms with van der Waals surface area (Å²) in [6.07, 6.45) is 2.60. The summed E-state index contributed by atoms with van der Waals surface area (Å²) in [5.41, 5.74) is 2.69. The Bertz CT molecular complexity index is 407. The molecule has 0 aliphatic heterocycles. The molecule has 0 amide bonds. The van der Waals surface area contributed by atoms with Gasteiger partial charge in [-0.05, 0) is 50.0 Å². The molecule has 0 aromatic carbocycles. The molecular formula is C15H23Br2ClO. The number of hydrogen-bond donors (Lipinski definition) is 1. The first kappa shape index (κ1) is 16.3. The van der Waals surface area contributed by atoms with Crippen LogP contribution in [0.2, 0.25) is 0 Å². The van der Waals surface area contributed by atoms with E-state index in [0.29, 0.717) is 10.7 Å². The van der Waals surface area contributed by atoms with Gasteiger partial charge < -0.3 is 5.11 Å². The lowest BCUT2D eigenvalue weighted by Gasteiger charge is -2.47. The molecule has 0 saturated heterocycles. The highest BCUT2D eigenvalue weighted by Gasteiger charge is 2.51. The number of allylic oxidation sites excluding steroid dienone is 1. The molecule has 6 atom stereocenters. The van der Waals surface area contributed by atoms with Gasteiger partial charge in [-0.15, -0.1) is 11.6 Å². The van der Waals surface area contributed by atoms with E-state index in [1.165, 1.54) is 5.57 Å². The third-order valence-corrected chi connectivity index (χ3v) is 8.86. The Morgan fingerprint density at radius 2 is 1.89 bits per heavy atom. The minimum absolute atomic E-state index is 0.109. The molecule has 1 nitrogen and oxygen atoms in total. The van der Waals surface area contributed by atoms with Gasteiger partial charge in [0.2, 0.25) is 0 Å². The molecule has 1 saturated carbocycles. The highest BCUT2D eigenvalue weighted by atomic mass is 79.9. The van der Waals surface area contributed by atoms with Crippen molar-refractivity contribution in [1.29, 1.82) is 0 Å². The number of halogens is 3. The van der Waals surface area contributed by atoms with Crippen LogP contribution < -0.4 is 0 Å². The lowest BCUT2D eigenvalue weighted by molar-refractivity contribution is 0.114. The molecule has 2 aliphatic carbocycles. The van der Waals surface area contributed by atoms with Crippen molar-refractivity contribution in [2.45, 2.75) is 67.6 Å². The summed E-state index contributed by atoms with van der Waals surface area (Å²) in [5.74, 6) is 0.395. The van der Waals surface area contributed by atoms with Crippen LogP contribution in [0.5, 0.6) is 0 Å². The molecule has 0 heterocycles. The maximum Gasteiger partial charge on any atom is 0.0878 e. The van der Waals surface area contributed by atoms with E-state index < -0.39 is 0 Å². The highest BCUT2D eigenvalue weighted by molar-refractivity contribution is 9.09. The van der Waals surface area contributed by atoms with Crippen molar-refractivity contribution in [1.82, 2.24) is 0 Å². The first-order valence-corrected chi connectivity index (χ1v) is 9.17. The predicted molar refractivity (Wildman–Crippen MR) is 89.5 cm³/mol. The zero-order valence-electron chi connectivity index (χ0n) is 12.0. The van der Waals surface area contributed by atoms with E-state index in [4.69, 9.17) is 11.6 Å². The van der Waals surface area contributed by atoms with Gasteiger partial charge in [0.1, 0.15) is 0 Å². The number of fused-ring (bicyclic) bond motifs is 1. The number of rotatable bonds is 0. The molecule has 1 N–H and O–H groups in total. The van der Waals surface area contributed by atoms with Crippen LogP contribution in [0.25, 0.3) is 0 Å². The molecule has 0 aromatic heterocycles. The van der Waals surface area contributed by atoms with Crippen molar-refractivity contribution in [3.63, 3.8) is 0 Å². The summed E-state index contributed by atoms with van der Waals surface area (Å²) in [6.45, 7) is 8.78. The van der Waals surface area contributed by atoms with Crippen molar-refractivity contribution in [3.8, 4) is 0 Å². The molecule has 4 heteroatoms. The van der Waals surface area contributed by atoms with Crippen LogP contribution in [0, 0.1) is 11.3 Å². The average molecular weight is 415 g/mol. The lowest BCUT2D eigenvalue weighted by atomic mass is 9.62. The summed E-state index contributed by atoms with van der Waals surface area (Å²) in [5, 5.41) is 10.4. The summed E-state index contributed by atoms with van der Waals surface area (Å²) < 4.78 is 0. The molecule has 0 unspecified atom stereocenters. The minimum Gasteiger partial charge on any atom is -0.388 e. The average Bonchev–Trinajstić information content (AvgIpc) is 2.42. The largest absolute Gasteiger partial charge is 0.388 e. The second-order valence-corrected chi connectivity index (χ2v) is 9.73. The molecule has 2 rings (SSSR count). The standard InChI is InChI=1S/C15H23Br2ClO/c1-8-10-5-6-15(4,18)11(16)7-14(10,3)9(2)12(17)13(8)19/h9,11-13,19H,5-7H2,1-4H3/t9-,11-,12+,13+,14+,15-/m0/s1. The van der Waals surface area contributed by atoms with E-state index >= 15 is 0 Å². The van der Waals surface area contributed by atoms with Crippen LogP contribution in [0.15, 0.2) is 11.1 Å². The quantitative estimate of drug-likeness (QED) is 0.435. The number of aliphatic hydroxyl groups is 1. The normalized spacial score (nSPS) is 51.8. The van der Waals surface area contributed by atoms with E-state index in [1.807, 2.05) is 0 Å². The van der Waals surface area contributed by atoms with Crippen LogP contribution in [0.4, 0.5) is 0 Å². The molecule has 110 valence electrons. The minimum atomic E-state index is -0.369. The Morgan fingerprint density at radius 1 is 1.32 bits per heavy atom. The summed E-state index contributed by atoms with van der Waals surface area (Å²) >= 11 is 14.2. The summed E-state index contributed by atoms with van der Waals surface area (Å²) in [4.78, 5) is 0.218. The maximum atomic E-state index is 10.4. The monoisotopic (exact) mass is 412 g/mol. The van der Waals surface area contributed by atoms with Crippen molar-refractivity contribution >= 4 is 43.5 Å². The second-order valence-electron chi connectivity index (χ2n) is 6.71. The van der Waals surface area contributed by atoms with Crippen molar-refractivity contribution < 1.29 is 5.11 Å². The molecule has 0 bridgehead atoms. The topological polar surface area (TPSA) is 20.2 Å². The third kappa shape index (κ3) is 2.58. The molecule has 0 spiro atoms. The van der Waals surface area contributed by atoms with Crippen LogP contribution in [-0.4, -0.2) is 25.7 Å². The van der Waals surface area contributed by atoms with Gasteiger partial charge in [-0.3, -0.25) is 0 Å². The van der Waals surface area contributed by atoms with Gasteiger partial charge in [0, 0.05) is 9.65 Å². The SMILES string of the molecule is CC1=C2CC[C@](C)(Cl)[C@@H](Br)C[C@]2(C)[C@@H](C)[C@@H](Br)[C@@H]1O. The van der Waals surface area contributed by atoms with Gasteiger partial charge in [0.15, 0.2) is 0 Å². The van der Waals surface area contributed by atoms with Crippen LogP contribution in [0.1, 0.15) is 47.0 Å². The van der Waals surface area contributed by atoms with Crippen LogP contribution in [0.3, 0.4) is 0 Å². The van der Waals surface area contributed by atoms with Crippen LogP contribution in [-0.2, 0) is 0 Å². The molecule has 1 fully saturated rings. The predicted octanol–water partition coefficient (Wildman–Crippen LogP) is 5.03. The second kappa shape index (κ2) is 5.30. The molecule has 19 heavy (non-hydrogen) atoms. The molecule has 0 aromatic rings. The van der Waals surface area contributed by atoms with E-state index in [9.17, 15) is 5.11 Å². The van der Waals surface area contributed by atoms with Crippen LogP contribution >= 0.6 is 43.5 Å². The van der Waals surface area contributed by atoms with Gasteiger partial charge in [0.25, 0.3) is 0 Å². The first-order chi connectivity index (χ1) is 8.61. The van der Waals surface area contributed by atoms with Gasteiger partial charge in [-0.25, -0.2) is 0 Å². The maximum absolute atomic E-state index is 10.4. The zero-order chi connectivity index (χ0) is 14.6. The summed E-state index contributed by atoms with van der Waals surface area (Å²) in [6, 6.07) is 0. The van der Waals surface area contributed by atoms with Gasteiger partial charge in [-0.2, -0.15) is 0 Å². The van der Waals surface area contributed by atoms with Crippen molar-refractivity contribution in [2.24, 2.45) is 11.3 Å².